The molecule has 0 bridgehead atoms. The minimum Gasteiger partial charge on any atom is -0.338 e. The summed E-state index contributed by atoms with van der Waals surface area (Å²) in [7, 11) is 0. The molecule has 0 fully saturated rings. The number of carbonyl (C=O) groups excluding carboxylic acids is 2. The van der Waals surface area contributed by atoms with Crippen LogP contribution in [0.4, 0.5) is 16.2 Å². The Morgan fingerprint density at radius 3 is 2.47 bits per heavy atom. The summed E-state index contributed by atoms with van der Waals surface area (Å²) in [6.45, 7) is 10.2. The number of benzene rings is 2. The maximum absolute atomic E-state index is 12.9. The zero-order valence-electron chi connectivity index (χ0n) is 19.5. The van der Waals surface area contributed by atoms with Crippen LogP contribution >= 0.6 is 0 Å². The molecule has 172 valence electrons. The van der Waals surface area contributed by atoms with Crippen molar-refractivity contribution in [3.8, 4) is 11.1 Å². The molecule has 7 heteroatoms. The summed E-state index contributed by atoms with van der Waals surface area (Å²) < 4.78 is 1.87. The fraction of sp³-hybridized carbons (Fsp3) is 0.148. The van der Waals surface area contributed by atoms with E-state index in [0.717, 1.165) is 33.5 Å². The fourth-order valence-corrected chi connectivity index (χ4v) is 3.78. The second kappa shape index (κ2) is 9.62. The van der Waals surface area contributed by atoms with Crippen LogP contribution in [-0.2, 0) is 0 Å². The maximum atomic E-state index is 12.9. The number of carbonyl (C=O) groups is 2. The van der Waals surface area contributed by atoms with E-state index in [1.54, 1.807) is 18.3 Å². The second-order valence-electron chi connectivity index (χ2n) is 8.07. The highest BCUT2D eigenvalue weighted by atomic mass is 16.2. The molecular formula is C27H27N5O2. The first-order valence-corrected chi connectivity index (χ1v) is 11.1. The van der Waals surface area contributed by atoms with Crippen molar-refractivity contribution in [3.63, 3.8) is 0 Å². The van der Waals surface area contributed by atoms with E-state index >= 15 is 0 Å². The molecule has 0 spiro atoms. The highest BCUT2D eigenvalue weighted by Crippen LogP contribution is 2.32. The molecule has 3 amide bonds. The summed E-state index contributed by atoms with van der Waals surface area (Å²) in [4.78, 5) is 29.4. The summed E-state index contributed by atoms with van der Waals surface area (Å²) in [6.07, 6.45) is 5.47. The predicted octanol–water partition coefficient (Wildman–Crippen LogP) is 5.74. The molecule has 2 heterocycles. The number of imidazole rings is 1. The first-order chi connectivity index (χ1) is 16.4. The summed E-state index contributed by atoms with van der Waals surface area (Å²) in [6, 6.07) is 14.7. The van der Waals surface area contributed by atoms with Gasteiger partial charge in [0.25, 0.3) is 5.91 Å². The standard InChI is InChI=1S/C27H27N5O2/c1-5-28-27(34)31-24-15-21(16-32-14-13-29-25(24)32)22-7-6-8-23(18(22)4)30-26(33)20-11-9-19(10-12-20)17(2)3/h6-16H,2,5H2,1,3-4H3,(H,30,33)(H2,28,31,34). The number of nitrogens with zero attached hydrogens (tertiary/aromatic N) is 2. The predicted molar refractivity (Wildman–Crippen MR) is 137 cm³/mol. The number of amides is 3. The van der Waals surface area contributed by atoms with Crippen molar-refractivity contribution in [2.45, 2.75) is 20.8 Å². The Kier molecular flexibility index (Phi) is 6.45. The first-order valence-electron chi connectivity index (χ1n) is 11.1. The van der Waals surface area contributed by atoms with Gasteiger partial charge in [0.1, 0.15) is 0 Å². The lowest BCUT2D eigenvalue weighted by molar-refractivity contribution is 0.102. The van der Waals surface area contributed by atoms with E-state index in [4.69, 9.17) is 0 Å². The zero-order chi connectivity index (χ0) is 24.2. The van der Waals surface area contributed by atoms with Crippen molar-refractivity contribution in [2.75, 3.05) is 17.2 Å². The van der Waals surface area contributed by atoms with E-state index in [-0.39, 0.29) is 11.9 Å². The molecule has 7 nitrogen and oxygen atoms in total. The number of urea groups is 1. The molecule has 0 aliphatic heterocycles. The molecule has 0 unspecified atom stereocenters. The highest BCUT2D eigenvalue weighted by molar-refractivity contribution is 6.05. The topological polar surface area (TPSA) is 87.5 Å². The van der Waals surface area contributed by atoms with Gasteiger partial charge in [-0.3, -0.25) is 4.79 Å². The van der Waals surface area contributed by atoms with E-state index in [9.17, 15) is 9.59 Å². The summed E-state index contributed by atoms with van der Waals surface area (Å²) in [5.41, 5.74) is 7.22. The van der Waals surface area contributed by atoms with Crippen LogP contribution in [0.5, 0.6) is 0 Å². The Bertz CT molecular complexity index is 1390. The minimum absolute atomic E-state index is 0.183. The molecule has 0 radical (unpaired) electrons. The van der Waals surface area contributed by atoms with Gasteiger partial charge in [0.15, 0.2) is 5.65 Å². The molecule has 0 atom stereocenters. The molecule has 4 rings (SSSR count). The number of aromatic nitrogens is 2. The maximum Gasteiger partial charge on any atom is 0.319 e. The van der Waals surface area contributed by atoms with Crippen molar-refractivity contribution in [3.05, 3.63) is 90.4 Å². The number of rotatable bonds is 6. The lowest BCUT2D eigenvalue weighted by atomic mass is 9.99. The lowest BCUT2D eigenvalue weighted by Crippen LogP contribution is -2.28. The van der Waals surface area contributed by atoms with Gasteiger partial charge >= 0.3 is 6.03 Å². The highest BCUT2D eigenvalue weighted by Gasteiger charge is 2.14. The number of pyridine rings is 1. The van der Waals surface area contributed by atoms with Gasteiger partial charge < -0.3 is 20.4 Å². The summed E-state index contributed by atoms with van der Waals surface area (Å²) in [5, 5.41) is 8.63. The van der Waals surface area contributed by atoms with Gasteiger partial charge in [0.05, 0.1) is 5.69 Å². The van der Waals surface area contributed by atoms with Crippen molar-refractivity contribution >= 4 is 34.5 Å². The van der Waals surface area contributed by atoms with Crippen LogP contribution in [0.15, 0.2) is 73.7 Å². The van der Waals surface area contributed by atoms with Crippen LogP contribution in [0.2, 0.25) is 0 Å². The number of anilines is 2. The molecular weight excluding hydrogens is 426 g/mol. The third-order valence-electron chi connectivity index (χ3n) is 5.61. The van der Waals surface area contributed by atoms with Gasteiger partial charge in [0.2, 0.25) is 0 Å². The number of nitrogens with one attached hydrogen (secondary N) is 3. The molecule has 0 saturated heterocycles. The third-order valence-corrected chi connectivity index (χ3v) is 5.61. The fourth-order valence-electron chi connectivity index (χ4n) is 3.78. The largest absolute Gasteiger partial charge is 0.338 e. The number of hydrogen-bond acceptors (Lipinski definition) is 3. The van der Waals surface area contributed by atoms with E-state index in [1.165, 1.54) is 0 Å². The van der Waals surface area contributed by atoms with Crippen LogP contribution < -0.4 is 16.0 Å². The number of hydrogen-bond donors (Lipinski definition) is 3. The molecule has 34 heavy (non-hydrogen) atoms. The van der Waals surface area contributed by atoms with Gasteiger partial charge in [-0.2, -0.15) is 0 Å². The molecule has 4 aromatic rings. The van der Waals surface area contributed by atoms with Crippen molar-refractivity contribution < 1.29 is 9.59 Å². The average Bonchev–Trinajstić information content (AvgIpc) is 3.29. The third kappa shape index (κ3) is 4.68. The monoisotopic (exact) mass is 453 g/mol. The first kappa shape index (κ1) is 22.8. The van der Waals surface area contributed by atoms with Crippen LogP contribution in [0.3, 0.4) is 0 Å². The Morgan fingerprint density at radius 1 is 1.03 bits per heavy atom. The van der Waals surface area contributed by atoms with E-state index in [1.807, 2.05) is 74.0 Å². The quantitative estimate of drug-likeness (QED) is 0.348. The van der Waals surface area contributed by atoms with Crippen LogP contribution in [0, 0.1) is 6.92 Å². The van der Waals surface area contributed by atoms with E-state index in [0.29, 0.717) is 23.4 Å². The molecule has 2 aromatic heterocycles. The smallest absolute Gasteiger partial charge is 0.319 e. The zero-order valence-corrected chi connectivity index (χ0v) is 19.5. The van der Waals surface area contributed by atoms with Crippen LogP contribution in [0.1, 0.15) is 35.3 Å². The summed E-state index contributed by atoms with van der Waals surface area (Å²) in [5.74, 6) is -0.183. The summed E-state index contributed by atoms with van der Waals surface area (Å²) >= 11 is 0. The van der Waals surface area contributed by atoms with Gasteiger partial charge in [0, 0.05) is 41.9 Å². The van der Waals surface area contributed by atoms with Gasteiger partial charge in [-0.15, -0.1) is 0 Å². The van der Waals surface area contributed by atoms with E-state index < -0.39 is 0 Å². The Labute approximate surface area is 198 Å². The normalized spacial score (nSPS) is 10.7. The van der Waals surface area contributed by atoms with Crippen molar-refractivity contribution in [1.29, 1.82) is 0 Å². The second-order valence-corrected chi connectivity index (χ2v) is 8.07. The van der Waals surface area contributed by atoms with Crippen LogP contribution in [-0.4, -0.2) is 27.9 Å². The number of fused-ring (bicyclic) bond motifs is 1. The SMILES string of the molecule is C=C(C)c1ccc(C(=O)Nc2cccc(-c3cc(NC(=O)NCC)c4nccn4c3)c2C)cc1. The van der Waals surface area contributed by atoms with Gasteiger partial charge in [-0.1, -0.05) is 36.4 Å². The molecule has 2 aromatic carbocycles. The Hall–Kier alpha value is -4.39. The Morgan fingerprint density at radius 2 is 1.76 bits per heavy atom. The molecule has 0 aliphatic carbocycles. The van der Waals surface area contributed by atoms with Gasteiger partial charge in [-0.25, -0.2) is 9.78 Å². The molecule has 0 saturated carbocycles. The molecule has 3 N–H and O–H groups in total. The van der Waals surface area contributed by atoms with E-state index in [2.05, 4.69) is 27.5 Å². The number of allylic oxidation sites excluding steroid dienone is 1. The minimum atomic E-state index is -0.292. The van der Waals surface area contributed by atoms with Crippen molar-refractivity contribution in [2.24, 2.45) is 0 Å². The lowest BCUT2D eigenvalue weighted by Gasteiger charge is -2.15. The van der Waals surface area contributed by atoms with Crippen molar-refractivity contribution in [1.82, 2.24) is 14.7 Å². The Balaban J connectivity index is 1.65. The van der Waals surface area contributed by atoms with Crippen LogP contribution in [0.25, 0.3) is 22.3 Å². The molecule has 0 aliphatic rings. The average molecular weight is 454 g/mol. The van der Waals surface area contributed by atoms with Gasteiger partial charge in [-0.05, 0) is 61.7 Å².